The van der Waals surface area contributed by atoms with E-state index < -0.39 is 17.5 Å². The summed E-state index contributed by atoms with van der Waals surface area (Å²) in [7, 11) is 1.61. The molecule has 0 radical (unpaired) electrons. The fraction of sp³-hybridized carbons (Fsp3) is 0.345. The number of carbonyl (C=O) groups excluding carboxylic acids is 3. The van der Waals surface area contributed by atoms with Crippen LogP contribution in [0.2, 0.25) is 0 Å². The fourth-order valence-corrected chi connectivity index (χ4v) is 5.23. The molecule has 3 aromatic rings. The van der Waals surface area contributed by atoms with Crippen LogP contribution in [0.4, 0.5) is 4.79 Å². The lowest BCUT2D eigenvalue weighted by molar-refractivity contribution is -0.135. The summed E-state index contributed by atoms with van der Waals surface area (Å²) in [5, 5.41) is 7.63. The van der Waals surface area contributed by atoms with E-state index in [9.17, 15) is 14.4 Å². The van der Waals surface area contributed by atoms with Gasteiger partial charge in [0.15, 0.2) is 0 Å². The minimum Gasteiger partial charge on any atom is -0.497 e. The van der Waals surface area contributed by atoms with Gasteiger partial charge in [-0.15, -0.1) is 0 Å². The first-order valence-corrected chi connectivity index (χ1v) is 12.4. The molecule has 2 N–H and O–H groups in total. The molecule has 1 saturated heterocycles. The van der Waals surface area contributed by atoms with Crippen molar-refractivity contribution in [2.75, 3.05) is 13.7 Å². The Morgan fingerprint density at radius 2 is 1.75 bits per heavy atom. The fourth-order valence-electron chi connectivity index (χ4n) is 5.23. The number of hydrogen-bond acceptors (Lipinski definition) is 4. The third-order valence-electron chi connectivity index (χ3n) is 7.45. The maximum Gasteiger partial charge on any atom is 0.325 e. The Morgan fingerprint density at radius 3 is 2.53 bits per heavy atom. The molecule has 1 heterocycles. The third-order valence-corrected chi connectivity index (χ3v) is 7.45. The molecular formula is C29H31N3O4. The Kier molecular flexibility index (Phi) is 6.16. The van der Waals surface area contributed by atoms with Gasteiger partial charge in [-0.2, -0.15) is 0 Å². The quantitative estimate of drug-likeness (QED) is 0.508. The minimum absolute atomic E-state index is 0.227. The molecule has 5 rings (SSSR count). The maximum atomic E-state index is 13.4. The monoisotopic (exact) mass is 485 g/mol. The summed E-state index contributed by atoms with van der Waals surface area (Å²) >= 11 is 0. The predicted octanol–water partition coefficient (Wildman–Crippen LogP) is 4.37. The maximum absolute atomic E-state index is 13.4. The average molecular weight is 486 g/mol. The lowest BCUT2D eigenvalue weighted by Gasteiger charge is -2.23. The second-order valence-electron chi connectivity index (χ2n) is 9.90. The van der Waals surface area contributed by atoms with E-state index in [0.29, 0.717) is 5.56 Å². The average Bonchev–Trinajstić information content (AvgIpc) is 3.11. The van der Waals surface area contributed by atoms with E-state index >= 15 is 0 Å². The summed E-state index contributed by atoms with van der Waals surface area (Å²) in [4.78, 5) is 40.0. The van der Waals surface area contributed by atoms with Crippen molar-refractivity contribution in [2.45, 2.75) is 51.1 Å². The van der Waals surface area contributed by atoms with Crippen molar-refractivity contribution < 1.29 is 19.1 Å². The summed E-state index contributed by atoms with van der Waals surface area (Å²) in [6.07, 6.45) is 4.57. The van der Waals surface area contributed by atoms with Gasteiger partial charge in [0.25, 0.3) is 5.91 Å². The first-order valence-electron chi connectivity index (χ1n) is 12.4. The number of urea groups is 1. The van der Waals surface area contributed by atoms with Gasteiger partial charge in [-0.05, 0) is 90.8 Å². The van der Waals surface area contributed by atoms with E-state index in [-0.39, 0.29) is 18.5 Å². The molecule has 7 nitrogen and oxygen atoms in total. The van der Waals surface area contributed by atoms with Gasteiger partial charge in [0.1, 0.15) is 17.8 Å². The number of aryl methyl sites for hydroxylation is 2. The molecule has 7 heteroatoms. The van der Waals surface area contributed by atoms with Gasteiger partial charge >= 0.3 is 6.03 Å². The molecule has 4 amide bonds. The van der Waals surface area contributed by atoms with Crippen molar-refractivity contribution in [1.29, 1.82) is 0 Å². The minimum atomic E-state index is -1.25. The third kappa shape index (κ3) is 4.30. The van der Waals surface area contributed by atoms with E-state index in [1.807, 2.05) is 43.3 Å². The first kappa shape index (κ1) is 23.9. The summed E-state index contributed by atoms with van der Waals surface area (Å²) < 4.78 is 5.28. The number of benzene rings is 3. The molecule has 1 aliphatic heterocycles. The zero-order valence-corrected chi connectivity index (χ0v) is 20.9. The van der Waals surface area contributed by atoms with Gasteiger partial charge in [-0.1, -0.05) is 36.4 Å². The van der Waals surface area contributed by atoms with E-state index in [0.717, 1.165) is 39.8 Å². The largest absolute Gasteiger partial charge is 0.497 e. The molecule has 0 aromatic heterocycles. The highest BCUT2D eigenvalue weighted by Crippen LogP contribution is 2.32. The van der Waals surface area contributed by atoms with Crippen molar-refractivity contribution in [1.82, 2.24) is 15.5 Å². The zero-order valence-electron chi connectivity index (χ0n) is 20.9. The van der Waals surface area contributed by atoms with Gasteiger partial charge in [0, 0.05) is 0 Å². The molecule has 0 saturated carbocycles. The van der Waals surface area contributed by atoms with E-state index in [1.165, 1.54) is 24.0 Å². The summed E-state index contributed by atoms with van der Waals surface area (Å²) in [5.74, 6) is -0.0796. The summed E-state index contributed by atoms with van der Waals surface area (Å²) in [6.45, 7) is 3.26. The summed E-state index contributed by atoms with van der Waals surface area (Å²) in [6, 6.07) is 16.8. The molecule has 1 aliphatic carbocycles. The standard InChI is InChI=1S/C29H31N3O4/c1-18(20-9-8-19-6-4-5-7-21(19)14-20)30-26(33)17-32-27(34)29(2,31-28(32)35)24-12-10-23-16-25(36-3)13-11-22(23)15-24/h8-16,18H,4-7,17H2,1-3H3,(H,30,33)(H,31,35)/t18-,29+/m0/s1. The molecule has 0 bridgehead atoms. The molecular weight excluding hydrogens is 454 g/mol. The van der Waals surface area contributed by atoms with Crippen molar-refractivity contribution in [2.24, 2.45) is 0 Å². The molecule has 3 aromatic carbocycles. The number of methoxy groups -OCH3 is 1. The van der Waals surface area contributed by atoms with Crippen LogP contribution in [0.25, 0.3) is 10.8 Å². The van der Waals surface area contributed by atoms with Crippen molar-refractivity contribution in [3.8, 4) is 5.75 Å². The number of fused-ring (bicyclic) bond motifs is 2. The zero-order chi connectivity index (χ0) is 25.4. The summed E-state index contributed by atoms with van der Waals surface area (Å²) in [5.41, 5.74) is 3.16. The Labute approximate surface area is 210 Å². The van der Waals surface area contributed by atoms with Gasteiger partial charge in [-0.3, -0.25) is 14.5 Å². The number of rotatable bonds is 6. The van der Waals surface area contributed by atoms with Crippen LogP contribution in [0.1, 0.15) is 55.0 Å². The topological polar surface area (TPSA) is 87.7 Å². The Bertz CT molecular complexity index is 1370. The molecule has 0 unspecified atom stereocenters. The highest BCUT2D eigenvalue weighted by Gasteiger charge is 2.49. The van der Waals surface area contributed by atoms with Crippen molar-refractivity contribution in [3.63, 3.8) is 0 Å². The number of nitrogens with one attached hydrogen (secondary N) is 2. The predicted molar refractivity (Wildman–Crippen MR) is 138 cm³/mol. The van der Waals surface area contributed by atoms with Crippen LogP contribution < -0.4 is 15.4 Å². The van der Waals surface area contributed by atoms with Gasteiger partial charge < -0.3 is 15.4 Å². The van der Waals surface area contributed by atoms with Crippen LogP contribution in [-0.2, 0) is 28.0 Å². The smallest absolute Gasteiger partial charge is 0.325 e. The van der Waals surface area contributed by atoms with Gasteiger partial charge in [-0.25, -0.2) is 4.79 Å². The molecule has 2 aliphatic rings. The second kappa shape index (κ2) is 9.30. The lowest BCUT2D eigenvalue weighted by atomic mass is 9.89. The second-order valence-corrected chi connectivity index (χ2v) is 9.90. The van der Waals surface area contributed by atoms with Crippen LogP contribution in [0.5, 0.6) is 5.75 Å². The Hall–Kier alpha value is -3.87. The highest BCUT2D eigenvalue weighted by atomic mass is 16.5. The molecule has 0 spiro atoms. The molecule has 1 fully saturated rings. The molecule has 186 valence electrons. The Balaban J connectivity index is 1.29. The van der Waals surface area contributed by atoms with Gasteiger partial charge in [0.2, 0.25) is 5.91 Å². The highest BCUT2D eigenvalue weighted by molar-refractivity contribution is 6.09. The Morgan fingerprint density at radius 1 is 1.03 bits per heavy atom. The first-order chi connectivity index (χ1) is 17.3. The van der Waals surface area contributed by atoms with Crippen LogP contribution in [0.15, 0.2) is 54.6 Å². The van der Waals surface area contributed by atoms with Crippen LogP contribution in [0, 0.1) is 0 Å². The number of ether oxygens (including phenoxy) is 1. The molecule has 36 heavy (non-hydrogen) atoms. The van der Waals surface area contributed by atoms with Crippen LogP contribution >= 0.6 is 0 Å². The number of hydrogen-bond donors (Lipinski definition) is 2. The van der Waals surface area contributed by atoms with Crippen molar-refractivity contribution >= 4 is 28.6 Å². The van der Waals surface area contributed by atoms with E-state index in [1.54, 1.807) is 14.0 Å². The van der Waals surface area contributed by atoms with Gasteiger partial charge in [0.05, 0.1) is 13.2 Å². The van der Waals surface area contributed by atoms with E-state index in [2.05, 4.69) is 28.8 Å². The van der Waals surface area contributed by atoms with Crippen LogP contribution in [0.3, 0.4) is 0 Å². The van der Waals surface area contributed by atoms with Crippen LogP contribution in [-0.4, -0.2) is 36.4 Å². The van der Waals surface area contributed by atoms with Crippen molar-refractivity contribution in [3.05, 3.63) is 76.9 Å². The lowest BCUT2D eigenvalue weighted by Crippen LogP contribution is -2.43. The number of amides is 4. The number of nitrogens with zero attached hydrogens (tertiary/aromatic N) is 1. The molecule has 2 atom stereocenters. The number of imide groups is 1. The number of carbonyl (C=O) groups is 3. The normalized spacial score (nSPS) is 20.1. The van der Waals surface area contributed by atoms with E-state index in [4.69, 9.17) is 4.74 Å². The SMILES string of the molecule is COc1ccc2cc([C@@]3(C)NC(=O)N(CC(=O)N[C@@H](C)c4ccc5c(c4)CCCC5)C3=O)ccc2c1.